The molecule has 1 aliphatic carbocycles. The predicted molar refractivity (Wildman–Crippen MR) is 99.6 cm³/mol. The standard InChI is InChI=1S/C22H21N3O/c26-21(22(11-12-22)17-9-5-2-6-10-17)25-13-18(16-7-3-1-4-8-16)20-19(14-25)23-15-24-20/h1-10,15,18H,11-14H2,(H,23,24). The summed E-state index contributed by atoms with van der Waals surface area (Å²) >= 11 is 0. The summed E-state index contributed by atoms with van der Waals surface area (Å²) in [7, 11) is 0. The Balaban J connectivity index is 1.49. The highest BCUT2D eigenvalue weighted by Gasteiger charge is 2.53. The van der Waals surface area contributed by atoms with Gasteiger partial charge in [-0.3, -0.25) is 4.79 Å². The largest absolute Gasteiger partial charge is 0.347 e. The third-order valence-corrected chi connectivity index (χ3v) is 5.81. The van der Waals surface area contributed by atoms with Gasteiger partial charge in [0.05, 0.1) is 29.7 Å². The highest BCUT2D eigenvalue weighted by molar-refractivity contribution is 5.91. The molecule has 1 aromatic heterocycles. The average molecular weight is 343 g/mol. The molecule has 26 heavy (non-hydrogen) atoms. The third-order valence-electron chi connectivity index (χ3n) is 5.81. The number of amides is 1. The Hall–Kier alpha value is -2.88. The first-order chi connectivity index (χ1) is 12.8. The number of rotatable bonds is 3. The van der Waals surface area contributed by atoms with E-state index in [1.165, 1.54) is 5.56 Å². The SMILES string of the molecule is O=C(N1Cc2[nH]cnc2C(c2ccccc2)C1)C1(c2ccccc2)CC1. The van der Waals surface area contributed by atoms with E-state index < -0.39 is 0 Å². The number of carbonyl (C=O) groups is 1. The van der Waals surface area contributed by atoms with Gasteiger partial charge in [0.15, 0.2) is 0 Å². The number of benzene rings is 2. The van der Waals surface area contributed by atoms with Crippen molar-refractivity contribution < 1.29 is 4.79 Å². The van der Waals surface area contributed by atoms with E-state index in [1.54, 1.807) is 6.33 Å². The van der Waals surface area contributed by atoms with Crippen LogP contribution >= 0.6 is 0 Å². The summed E-state index contributed by atoms with van der Waals surface area (Å²) in [5.74, 6) is 0.381. The van der Waals surface area contributed by atoms with Crippen molar-refractivity contribution in [2.24, 2.45) is 0 Å². The summed E-state index contributed by atoms with van der Waals surface area (Å²) in [5.41, 5.74) is 4.17. The van der Waals surface area contributed by atoms with Gasteiger partial charge in [-0.15, -0.1) is 0 Å². The van der Waals surface area contributed by atoms with E-state index in [0.717, 1.165) is 29.8 Å². The van der Waals surface area contributed by atoms with Crippen molar-refractivity contribution in [3.05, 3.63) is 89.5 Å². The molecule has 1 N–H and O–H groups in total. The first kappa shape index (κ1) is 15.4. The number of aromatic amines is 1. The van der Waals surface area contributed by atoms with E-state index in [9.17, 15) is 4.79 Å². The van der Waals surface area contributed by atoms with Crippen molar-refractivity contribution >= 4 is 5.91 Å². The van der Waals surface area contributed by atoms with Crippen LogP contribution in [0.25, 0.3) is 0 Å². The second-order valence-corrected chi connectivity index (χ2v) is 7.36. The fourth-order valence-electron chi connectivity index (χ4n) is 4.23. The average Bonchev–Trinajstić information content (AvgIpc) is 3.38. The van der Waals surface area contributed by atoms with E-state index in [1.807, 2.05) is 29.2 Å². The molecule has 3 aromatic rings. The first-order valence-electron chi connectivity index (χ1n) is 9.20. The lowest BCUT2D eigenvalue weighted by atomic mass is 9.88. The molecule has 0 bridgehead atoms. The minimum Gasteiger partial charge on any atom is -0.347 e. The minimum absolute atomic E-state index is 0.127. The van der Waals surface area contributed by atoms with Crippen LogP contribution in [0, 0.1) is 0 Å². The van der Waals surface area contributed by atoms with Gasteiger partial charge in [-0.25, -0.2) is 4.98 Å². The number of H-pyrrole nitrogens is 1. The van der Waals surface area contributed by atoms with Gasteiger partial charge in [-0.05, 0) is 24.0 Å². The third kappa shape index (κ3) is 2.37. The fourth-order valence-corrected chi connectivity index (χ4v) is 4.23. The normalized spacial score (nSPS) is 20.5. The molecule has 1 aliphatic heterocycles. The highest BCUT2D eigenvalue weighted by atomic mass is 16.2. The molecule has 1 amide bonds. The molecule has 4 nitrogen and oxygen atoms in total. The fraction of sp³-hybridized carbons (Fsp3) is 0.273. The zero-order valence-corrected chi connectivity index (χ0v) is 14.6. The molecule has 1 unspecified atom stereocenters. The Labute approximate surface area is 152 Å². The second-order valence-electron chi connectivity index (χ2n) is 7.36. The lowest BCUT2D eigenvalue weighted by Crippen LogP contribution is -2.44. The zero-order valence-electron chi connectivity index (χ0n) is 14.6. The second kappa shape index (κ2) is 5.84. The molecule has 0 radical (unpaired) electrons. The van der Waals surface area contributed by atoms with Crippen LogP contribution in [-0.4, -0.2) is 27.3 Å². The van der Waals surface area contributed by atoms with Crippen LogP contribution in [0.4, 0.5) is 0 Å². The van der Waals surface area contributed by atoms with E-state index >= 15 is 0 Å². The van der Waals surface area contributed by atoms with Crippen LogP contribution < -0.4 is 0 Å². The molecule has 130 valence electrons. The first-order valence-corrected chi connectivity index (χ1v) is 9.20. The van der Waals surface area contributed by atoms with Crippen LogP contribution in [0.15, 0.2) is 67.0 Å². The Morgan fingerprint density at radius 2 is 1.73 bits per heavy atom. The molecule has 2 heterocycles. The summed E-state index contributed by atoms with van der Waals surface area (Å²) in [4.78, 5) is 23.3. The molecule has 2 aromatic carbocycles. The number of hydrogen-bond donors (Lipinski definition) is 1. The lowest BCUT2D eigenvalue weighted by Gasteiger charge is -2.35. The van der Waals surface area contributed by atoms with Crippen molar-refractivity contribution in [1.29, 1.82) is 0 Å². The maximum Gasteiger partial charge on any atom is 0.233 e. The van der Waals surface area contributed by atoms with Gasteiger partial charge in [-0.2, -0.15) is 0 Å². The van der Waals surface area contributed by atoms with Crippen LogP contribution in [0.2, 0.25) is 0 Å². The van der Waals surface area contributed by atoms with Gasteiger partial charge in [0.25, 0.3) is 0 Å². The van der Waals surface area contributed by atoms with E-state index in [-0.39, 0.29) is 17.2 Å². The summed E-state index contributed by atoms with van der Waals surface area (Å²) < 4.78 is 0. The summed E-state index contributed by atoms with van der Waals surface area (Å²) in [5, 5.41) is 0. The molecule has 1 fully saturated rings. The summed E-state index contributed by atoms with van der Waals surface area (Å²) in [6.45, 7) is 1.31. The zero-order chi connectivity index (χ0) is 17.6. The molecule has 0 saturated heterocycles. The maximum atomic E-state index is 13.5. The molecular formula is C22H21N3O. The topological polar surface area (TPSA) is 49.0 Å². The number of fused-ring (bicyclic) bond motifs is 1. The van der Waals surface area contributed by atoms with Crippen LogP contribution in [0.3, 0.4) is 0 Å². The monoisotopic (exact) mass is 343 g/mol. The molecule has 2 aliphatic rings. The number of nitrogens with zero attached hydrogens (tertiary/aromatic N) is 2. The Morgan fingerprint density at radius 3 is 2.42 bits per heavy atom. The van der Waals surface area contributed by atoms with Crippen molar-refractivity contribution in [1.82, 2.24) is 14.9 Å². The van der Waals surface area contributed by atoms with Crippen LogP contribution in [0.1, 0.15) is 41.3 Å². The van der Waals surface area contributed by atoms with Gasteiger partial charge >= 0.3 is 0 Å². The number of nitrogens with one attached hydrogen (secondary N) is 1. The van der Waals surface area contributed by atoms with Crippen LogP contribution in [0.5, 0.6) is 0 Å². The molecule has 5 rings (SSSR count). The Kier molecular flexibility index (Phi) is 3.45. The van der Waals surface area contributed by atoms with Gasteiger partial charge in [0.2, 0.25) is 5.91 Å². The van der Waals surface area contributed by atoms with E-state index in [4.69, 9.17) is 0 Å². The van der Waals surface area contributed by atoms with Crippen molar-refractivity contribution in [3.8, 4) is 0 Å². The van der Waals surface area contributed by atoms with E-state index in [2.05, 4.69) is 46.4 Å². The Morgan fingerprint density at radius 1 is 1.04 bits per heavy atom. The van der Waals surface area contributed by atoms with Crippen molar-refractivity contribution in [2.75, 3.05) is 6.54 Å². The van der Waals surface area contributed by atoms with Gasteiger partial charge in [0.1, 0.15) is 0 Å². The maximum absolute atomic E-state index is 13.5. The lowest BCUT2D eigenvalue weighted by molar-refractivity contribution is -0.135. The molecule has 0 spiro atoms. The number of carbonyl (C=O) groups excluding carboxylic acids is 1. The Bertz CT molecular complexity index is 928. The smallest absolute Gasteiger partial charge is 0.233 e. The predicted octanol–water partition coefficient (Wildman–Crippen LogP) is 3.62. The van der Waals surface area contributed by atoms with Gasteiger partial charge in [-0.1, -0.05) is 60.7 Å². The van der Waals surface area contributed by atoms with Crippen LogP contribution in [-0.2, 0) is 16.8 Å². The summed E-state index contributed by atoms with van der Waals surface area (Å²) in [6, 6.07) is 20.6. The molecule has 1 atom stereocenters. The number of aromatic nitrogens is 2. The molecule has 4 heteroatoms. The van der Waals surface area contributed by atoms with Gasteiger partial charge < -0.3 is 9.88 Å². The number of imidazole rings is 1. The van der Waals surface area contributed by atoms with Gasteiger partial charge in [0, 0.05) is 12.5 Å². The number of hydrogen-bond acceptors (Lipinski definition) is 2. The quantitative estimate of drug-likeness (QED) is 0.790. The highest BCUT2D eigenvalue weighted by Crippen LogP contribution is 2.50. The summed E-state index contributed by atoms with van der Waals surface area (Å²) in [6.07, 6.45) is 3.63. The molecular weight excluding hydrogens is 322 g/mol. The van der Waals surface area contributed by atoms with E-state index in [0.29, 0.717) is 13.1 Å². The molecule has 1 saturated carbocycles. The van der Waals surface area contributed by atoms with Crippen molar-refractivity contribution in [3.63, 3.8) is 0 Å². The van der Waals surface area contributed by atoms with Crippen molar-refractivity contribution in [2.45, 2.75) is 30.7 Å². The minimum atomic E-state index is -0.319.